The fourth-order valence-corrected chi connectivity index (χ4v) is 4.22. The number of hydrogen-bond donors (Lipinski definition) is 0. The predicted molar refractivity (Wildman–Crippen MR) is 123 cm³/mol. The van der Waals surface area contributed by atoms with Crippen LogP contribution in [0.25, 0.3) is 21.8 Å². The number of ether oxygens (including phenoxy) is 1. The molecule has 1 heterocycles. The summed E-state index contributed by atoms with van der Waals surface area (Å²) in [6.45, 7) is 7.39. The van der Waals surface area contributed by atoms with Crippen molar-refractivity contribution in [2.24, 2.45) is 0 Å². The van der Waals surface area contributed by atoms with Crippen molar-refractivity contribution in [2.45, 2.75) is 71.8 Å². The first kappa shape index (κ1) is 21.7. The third kappa shape index (κ3) is 4.95. The maximum absolute atomic E-state index is 12.2. The lowest BCUT2D eigenvalue weighted by Crippen LogP contribution is -2.13. The van der Waals surface area contributed by atoms with Crippen molar-refractivity contribution in [3.63, 3.8) is 0 Å². The zero-order chi connectivity index (χ0) is 20.8. The van der Waals surface area contributed by atoms with E-state index in [1.54, 1.807) is 0 Å². The number of esters is 1. The Morgan fingerprint density at radius 1 is 0.966 bits per heavy atom. The van der Waals surface area contributed by atoms with Gasteiger partial charge in [0.1, 0.15) is 0 Å². The highest BCUT2D eigenvalue weighted by Gasteiger charge is 2.19. The molecule has 1 unspecified atom stereocenters. The van der Waals surface area contributed by atoms with Gasteiger partial charge in [0.25, 0.3) is 0 Å². The van der Waals surface area contributed by atoms with Crippen molar-refractivity contribution in [1.82, 2.24) is 4.57 Å². The zero-order valence-electron chi connectivity index (χ0n) is 17.8. The average molecular weight is 414 g/mol. The highest BCUT2D eigenvalue weighted by Crippen LogP contribution is 2.33. The minimum absolute atomic E-state index is 0.173. The standard InChI is InChI=1S/C25H32ClNO2/c1-4-6-7-8-9-10-15-27-23-14-12-20(26)17-22(23)21-13-11-19(16-24(21)27)18(3)25(28)29-5-2/h11-14,16-18H,4-10,15H2,1-3H3. The quantitative estimate of drug-likeness (QED) is 0.255. The number of halogens is 1. The molecule has 0 aliphatic heterocycles. The Bertz CT molecular complexity index is 976. The minimum atomic E-state index is -0.275. The molecule has 156 valence electrons. The number of carbonyl (C=O) groups excluding carboxylic acids is 1. The second-order valence-electron chi connectivity index (χ2n) is 7.83. The molecule has 1 atom stereocenters. The highest BCUT2D eigenvalue weighted by atomic mass is 35.5. The van der Waals surface area contributed by atoms with Gasteiger partial charge in [0.2, 0.25) is 0 Å². The third-order valence-corrected chi connectivity index (χ3v) is 5.96. The lowest BCUT2D eigenvalue weighted by atomic mass is 9.99. The van der Waals surface area contributed by atoms with Crippen LogP contribution < -0.4 is 0 Å². The number of unbranched alkanes of at least 4 members (excludes halogenated alkanes) is 5. The fourth-order valence-electron chi connectivity index (χ4n) is 4.05. The van der Waals surface area contributed by atoms with Gasteiger partial charge in [-0.25, -0.2) is 0 Å². The number of rotatable bonds is 10. The molecule has 0 spiro atoms. The smallest absolute Gasteiger partial charge is 0.313 e. The number of aromatic nitrogens is 1. The van der Waals surface area contributed by atoms with Crippen molar-refractivity contribution in [1.29, 1.82) is 0 Å². The van der Waals surface area contributed by atoms with E-state index >= 15 is 0 Å². The van der Waals surface area contributed by atoms with E-state index in [4.69, 9.17) is 16.3 Å². The lowest BCUT2D eigenvalue weighted by Gasteiger charge is -2.12. The summed E-state index contributed by atoms with van der Waals surface area (Å²) in [4.78, 5) is 12.2. The third-order valence-electron chi connectivity index (χ3n) is 5.73. The first-order valence-electron chi connectivity index (χ1n) is 10.9. The molecule has 29 heavy (non-hydrogen) atoms. The van der Waals surface area contributed by atoms with E-state index in [0.29, 0.717) is 6.61 Å². The molecule has 3 aromatic rings. The molecule has 0 amide bonds. The van der Waals surface area contributed by atoms with E-state index < -0.39 is 0 Å². The van der Waals surface area contributed by atoms with Gasteiger partial charge in [0.15, 0.2) is 0 Å². The van der Waals surface area contributed by atoms with E-state index in [9.17, 15) is 4.79 Å². The number of fused-ring (bicyclic) bond motifs is 3. The molecule has 0 aliphatic carbocycles. The van der Waals surface area contributed by atoms with Gasteiger partial charge >= 0.3 is 5.97 Å². The first-order valence-corrected chi connectivity index (χ1v) is 11.3. The first-order chi connectivity index (χ1) is 14.1. The Morgan fingerprint density at radius 3 is 2.48 bits per heavy atom. The van der Waals surface area contributed by atoms with Gasteiger partial charge in [-0.3, -0.25) is 4.79 Å². The number of aryl methyl sites for hydroxylation is 1. The van der Waals surface area contributed by atoms with E-state index in [0.717, 1.165) is 23.6 Å². The summed E-state index contributed by atoms with van der Waals surface area (Å²) < 4.78 is 7.61. The van der Waals surface area contributed by atoms with Crippen LogP contribution in [0, 0.1) is 0 Å². The molecular weight excluding hydrogens is 382 g/mol. The number of benzene rings is 2. The summed E-state index contributed by atoms with van der Waals surface area (Å²) >= 11 is 6.29. The predicted octanol–water partition coefficient (Wildman–Crippen LogP) is 7.48. The normalized spacial score (nSPS) is 12.6. The highest BCUT2D eigenvalue weighted by molar-refractivity contribution is 6.31. The van der Waals surface area contributed by atoms with Crippen LogP contribution in [0.4, 0.5) is 0 Å². The van der Waals surface area contributed by atoms with Crippen molar-refractivity contribution in [3.8, 4) is 0 Å². The topological polar surface area (TPSA) is 31.2 Å². The number of nitrogens with zero attached hydrogens (tertiary/aromatic N) is 1. The van der Waals surface area contributed by atoms with Gasteiger partial charge in [0.05, 0.1) is 12.5 Å². The number of hydrogen-bond acceptors (Lipinski definition) is 2. The van der Waals surface area contributed by atoms with Crippen LogP contribution >= 0.6 is 11.6 Å². The Balaban J connectivity index is 1.94. The Labute approximate surface area is 179 Å². The molecule has 0 saturated heterocycles. The molecular formula is C25H32ClNO2. The summed E-state index contributed by atoms with van der Waals surface area (Å²) in [6.07, 6.45) is 7.61. The van der Waals surface area contributed by atoms with Crippen molar-refractivity contribution < 1.29 is 9.53 Å². The SMILES string of the molecule is CCCCCCCCn1c2ccc(Cl)cc2c2ccc(C(C)C(=O)OCC)cc21. The van der Waals surface area contributed by atoms with E-state index in [2.05, 4.69) is 29.7 Å². The second-order valence-corrected chi connectivity index (χ2v) is 8.27. The van der Waals surface area contributed by atoms with Crippen LogP contribution in [0.15, 0.2) is 36.4 Å². The molecule has 0 bridgehead atoms. The summed E-state index contributed by atoms with van der Waals surface area (Å²) in [6, 6.07) is 12.4. The summed E-state index contributed by atoms with van der Waals surface area (Å²) in [5, 5.41) is 3.11. The Morgan fingerprint density at radius 2 is 1.72 bits per heavy atom. The van der Waals surface area contributed by atoms with Crippen LogP contribution in [-0.4, -0.2) is 17.1 Å². The van der Waals surface area contributed by atoms with Crippen molar-refractivity contribution >= 4 is 39.4 Å². The maximum atomic E-state index is 12.2. The summed E-state index contributed by atoms with van der Waals surface area (Å²) in [5.41, 5.74) is 3.37. The van der Waals surface area contributed by atoms with Crippen LogP contribution in [0.1, 0.15) is 70.8 Å². The van der Waals surface area contributed by atoms with Crippen LogP contribution in [-0.2, 0) is 16.1 Å². The average Bonchev–Trinajstić information content (AvgIpc) is 3.02. The van der Waals surface area contributed by atoms with E-state index in [-0.39, 0.29) is 11.9 Å². The minimum Gasteiger partial charge on any atom is -0.466 e. The molecule has 0 fully saturated rings. The number of carbonyl (C=O) groups is 1. The van der Waals surface area contributed by atoms with Gasteiger partial charge < -0.3 is 9.30 Å². The van der Waals surface area contributed by atoms with E-state index in [1.165, 1.54) is 53.9 Å². The molecule has 0 saturated carbocycles. The lowest BCUT2D eigenvalue weighted by molar-refractivity contribution is -0.144. The molecule has 3 rings (SSSR count). The largest absolute Gasteiger partial charge is 0.466 e. The Hall–Kier alpha value is -2.00. The molecule has 0 aliphatic rings. The van der Waals surface area contributed by atoms with Crippen LogP contribution in [0.3, 0.4) is 0 Å². The monoisotopic (exact) mass is 413 g/mol. The molecule has 4 heteroatoms. The van der Waals surface area contributed by atoms with Gasteiger partial charge in [-0.05, 0) is 50.1 Å². The molecule has 2 aromatic carbocycles. The van der Waals surface area contributed by atoms with Crippen LogP contribution in [0.5, 0.6) is 0 Å². The molecule has 0 radical (unpaired) electrons. The molecule has 0 N–H and O–H groups in total. The van der Waals surface area contributed by atoms with Gasteiger partial charge in [-0.15, -0.1) is 0 Å². The fraction of sp³-hybridized carbons (Fsp3) is 0.480. The summed E-state index contributed by atoms with van der Waals surface area (Å²) in [7, 11) is 0. The second kappa shape index (κ2) is 10.2. The summed E-state index contributed by atoms with van der Waals surface area (Å²) in [5.74, 6) is -0.447. The molecule has 3 nitrogen and oxygen atoms in total. The molecule has 1 aromatic heterocycles. The van der Waals surface area contributed by atoms with Crippen LogP contribution in [0.2, 0.25) is 5.02 Å². The maximum Gasteiger partial charge on any atom is 0.313 e. The van der Waals surface area contributed by atoms with Crippen molar-refractivity contribution in [3.05, 3.63) is 47.0 Å². The van der Waals surface area contributed by atoms with Gasteiger partial charge in [-0.2, -0.15) is 0 Å². The Kier molecular flexibility index (Phi) is 7.60. The van der Waals surface area contributed by atoms with Gasteiger partial charge in [-0.1, -0.05) is 62.8 Å². The zero-order valence-corrected chi connectivity index (χ0v) is 18.6. The van der Waals surface area contributed by atoms with Crippen molar-refractivity contribution in [2.75, 3.05) is 6.61 Å². The van der Waals surface area contributed by atoms with E-state index in [1.807, 2.05) is 32.0 Å². The van der Waals surface area contributed by atoms with Gasteiger partial charge in [0, 0.05) is 33.4 Å².